The Hall–Kier alpha value is -1.75. The van der Waals surface area contributed by atoms with Gasteiger partial charge in [-0.2, -0.15) is 0 Å². The van der Waals surface area contributed by atoms with E-state index >= 15 is 0 Å². The van der Waals surface area contributed by atoms with E-state index in [0.717, 1.165) is 0 Å². The van der Waals surface area contributed by atoms with Crippen molar-refractivity contribution in [2.75, 3.05) is 0 Å². The molecule has 0 saturated carbocycles. The number of aromatic nitrogens is 2. The fourth-order valence-electron chi connectivity index (χ4n) is 1.55. The third-order valence-corrected chi connectivity index (χ3v) is 2.25. The van der Waals surface area contributed by atoms with E-state index in [1.165, 1.54) is 29.1 Å². The van der Waals surface area contributed by atoms with Crippen LogP contribution in [0.2, 0.25) is 0 Å². The summed E-state index contributed by atoms with van der Waals surface area (Å²) in [4.78, 5) is 15.8. The van der Waals surface area contributed by atoms with Gasteiger partial charge in [0.05, 0.1) is 29.9 Å². The van der Waals surface area contributed by atoms with Crippen LogP contribution in [0.25, 0.3) is 10.9 Å². The van der Waals surface area contributed by atoms with Gasteiger partial charge in [-0.15, -0.1) is 0 Å². The van der Waals surface area contributed by atoms with Crippen molar-refractivity contribution in [3.05, 3.63) is 40.7 Å². The first-order valence-electron chi connectivity index (χ1n) is 4.90. The number of benzene rings is 1. The quantitative estimate of drug-likeness (QED) is 0.821. The van der Waals surface area contributed by atoms with Crippen LogP contribution in [0, 0.1) is 5.82 Å². The van der Waals surface area contributed by atoms with Crippen LogP contribution in [0.1, 0.15) is 6.92 Å². The summed E-state index contributed by atoms with van der Waals surface area (Å²) in [6, 6.07) is 3.83. The summed E-state index contributed by atoms with van der Waals surface area (Å²) in [5.74, 6) is -0.423. The maximum absolute atomic E-state index is 12.9. The molecule has 16 heavy (non-hydrogen) atoms. The van der Waals surface area contributed by atoms with Crippen LogP contribution in [0.4, 0.5) is 4.39 Å². The summed E-state index contributed by atoms with van der Waals surface area (Å²) in [6.07, 6.45) is 0.689. The Bertz CT molecular complexity index is 578. The van der Waals surface area contributed by atoms with Gasteiger partial charge < -0.3 is 5.11 Å². The predicted molar refractivity (Wildman–Crippen MR) is 57.6 cm³/mol. The molecule has 0 aliphatic rings. The van der Waals surface area contributed by atoms with Crippen LogP contribution in [0.5, 0.6) is 0 Å². The Morgan fingerprint density at radius 3 is 3.00 bits per heavy atom. The lowest BCUT2D eigenvalue weighted by Gasteiger charge is -2.08. The standard InChI is InChI=1S/C11H11FN2O2/c1-7(15)5-14-6-13-10-4-8(12)2-3-9(10)11(14)16/h2-4,6-7,15H,5H2,1H3. The van der Waals surface area contributed by atoms with Crippen LogP contribution in [-0.2, 0) is 6.54 Å². The minimum atomic E-state index is -0.627. The molecule has 1 N–H and O–H groups in total. The highest BCUT2D eigenvalue weighted by molar-refractivity contribution is 5.77. The number of fused-ring (bicyclic) bond motifs is 1. The van der Waals surface area contributed by atoms with Gasteiger partial charge in [0.15, 0.2) is 0 Å². The van der Waals surface area contributed by atoms with Crippen molar-refractivity contribution in [2.45, 2.75) is 19.6 Å². The molecule has 1 aromatic heterocycles. The average Bonchev–Trinajstić information content (AvgIpc) is 2.22. The van der Waals surface area contributed by atoms with Gasteiger partial charge in [0.2, 0.25) is 0 Å². The number of aliphatic hydroxyl groups excluding tert-OH is 1. The molecule has 0 aliphatic carbocycles. The minimum Gasteiger partial charge on any atom is -0.392 e. The van der Waals surface area contributed by atoms with Gasteiger partial charge in [-0.1, -0.05) is 0 Å². The van der Waals surface area contributed by atoms with Crippen LogP contribution in [0.3, 0.4) is 0 Å². The zero-order valence-electron chi connectivity index (χ0n) is 8.72. The molecule has 0 radical (unpaired) electrons. The maximum Gasteiger partial charge on any atom is 0.261 e. The summed E-state index contributed by atoms with van der Waals surface area (Å²) in [5.41, 5.74) is 0.0535. The average molecular weight is 222 g/mol. The molecular weight excluding hydrogens is 211 g/mol. The second kappa shape index (κ2) is 4.02. The molecule has 2 rings (SSSR count). The topological polar surface area (TPSA) is 55.1 Å². The van der Waals surface area contributed by atoms with Gasteiger partial charge in [-0.25, -0.2) is 9.37 Å². The van der Waals surface area contributed by atoms with E-state index < -0.39 is 11.9 Å². The van der Waals surface area contributed by atoms with Crippen molar-refractivity contribution >= 4 is 10.9 Å². The number of nitrogens with zero attached hydrogens (tertiary/aromatic N) is 2. The zero-order chi connectivity index (χ0) is 11.7. The SMILES string of the molecule is CC(O)Cn1cnc2cc(F)ccc2c1=O. The Kier molecular flexibility index (Phi) is 2.70. The van der Waals surface area contributed by atoms with Gasteiger partial charge >= 0.3 is 0 Å². The Balaban J connectivity index is 2.61. The van der Waals surface area contributed by atoms with Crippen molar-refractivity contribution < 1.29 is 9.50 Å². The minimum absolute atomic E-state index is 0.180. The molecule has 0 aliphatic heterocycles. The highest BCUT2D eigenvalue weighted by atomic mass is 19.1. The first kappa shape index (κ1) is 10.8. The van der Waals surface area contributed by atoms with E-state index in [1.807, 2.05) is 0 Å². The first-order valence-corrected chi connectivity index (χ1v) is 4.90. The van der Waals surface area contributed by atoms with Gasteiger partial charge in [0.25, 0.3) is 5.56 Å². The van der Waals surface area contributed by atoms with Crippen LogP contribution in [-0.4, -0.2) is 20.8 Å². The van der Waals surface area contributed by atoms with E-state index in [-0.39, 0.29) is 12.1 Å². The molecule has 0 fully saturated rings. The van der Waals surface area contributed by atoms with E-state index in [0.29, 0.717) is 10.9 Å². The molecule has 1 aromatic carbocycles. The molecule has 1 unspecified atom stereocenters. The fraction of sp³-hybridized carbons (Fsp3) is 0.273. The number of aliphatic hydroxyl groups is 1. The molecule has 1 atom stereocenters. The number of rotatable bonds is 2. The lowest BCUT2D eigenvalue weighted by molar-refractivity contribution is 0.172. The van der Waals surface area contributed by atoms with E-state index in [1.54, 1.807) is 6.92 Å². The predicted octanol–water partition coefficient (Wildman–Crippen LogP) is 0.916. The first-order chi connectivity index (χ1) is 7.58. The zero-order valence-corrected chi connectivity index (χ0v) is 8.72. The lowest BCUT2D eigenvalue weighted by atomic mass is 10.2. The Morgan fingerprint density at radius 2 is 2.31 bits per heavy atom. The number of hydrogen-bond donors (Lipinski definition) is 1. The van der Waals surface area contributed by atoms with Crippen LogP contribution in [0.15, 0.2) is 29.3 Å². The maximum atomic E-state index is 12.9. The third kappa shape index (κ3) is 1.94. The fourth-order valence-corrected chi connectivity index (χ4v) is 1.55. The molecule has 1 heterocycles. The number of hydrogen-bond acceptors (Lipinski definition) is 3. The van der Waals surface area contributed by atoms with E-state index in [2.05, 4.69) is 4.98 Å². The largest absolute Gasteiger partial charge is 0.392 e. The molecule has 84 valence electrons. The van der Waals surface area contributed by atoms with E-state index in [4.69, 9.17) is 0 Å². The van der Waals surface area contributed by atoms with Crippen molar-refractivity contribution in [1.82, 2.24) is 9.55 Å². The van der Waals surface area contributed by atoms with Gasteiger partial charge in [-0.05, 0) is 19.1 Å². The van der Waals surface area contributed by atoms with Crippen LogP contribution < -0.4 is 5.56 Å². The smallest absolute Gasteiger partial charge is 0.261 e. The van der Waals surface area contributed by atoms with Gasteiger partial charge in [0, 0.05) is 6.07 Å². The number of halogens is 1. The summed E-state index contributed by atoms with van der Waals surface area (Å²) >= 11 is 0. The highest BCUT2D eigenvalue weighted by Gasteiger charge is 2.06. The van der Waals surface area contributed by atoms with Gasteiger partial charge in [-0.3, -0.25) is 9.36 Å². The van der Waals surface area contributed by atoms with Crippen molar-refractivity contribution in [1.29, 1.82) is 0 Å². The normalized spacial score (nSPS) is 12.9. The van der Waals surface area contributed by atoms with Crippen molar-refractivity contribution in [3.63, 3.8) is 0 Å². The van der Waals surface area contributed by atoms with Crippen molar-refractivity contribution in [2.24, 2.45) is 0 Å². The molecule has 0 saturated heterocycles. The molecule has 0 bridgehead atoms. The Labute approximate surface area is 91.0 Å². The summed E-state index contributed by atoms with van der Waals surface area (Å²) < 4.78 is 14.2. The van der Waals surface area contributed by atoms with E-state index in [9.17, 15) is 14.3 Å². The summed E-state index contributed by atoms with van der Waals surface area (Å²) in [5, 5.41) is 9.55. The Morgan fingerprint density at radius 1 is 1.56 bits per heavy atom. The second-order valence-electron chi connectivity index (χ2n) is 3.71. The molecule has 2 aromatic rings. The van der Waals surface area contributed by atoms with Crippen LogP contribution >= 0.6 is 0 Å². The monoisotopic (exact) mass is 222 g/mol. The lowest BCUT2D eigenvalue weighted by Crippen LogP contribution is -2.25. The molecular formula is C11H11FN2O2. The molecule has 4 nitrogen and oxygen atoms in total. The molecule has 0 spiro atoms. The summed E-state index contributed by atoms with van der Waals surface area (Å²) in [7, 11) is 0. The highest BCUT2D eigenvalue weighted by Crippen LogP contribution is 2.08. The van der Waals surface area contributed by atoms with Gasteiger partial charge in [0.1, 0.15) is 5.82 Å². The third-order valence-electron chi connectivity index (χ3n) is 2.25. The van der Waals surface area contributed by atoms with Crippen molar-refractivity contribution in [3.8, 4) is 0 Å². The molecule has 5 heteroatoms. The summed E-state index contributed by atoms with van der Waals surface area (Å²) in [6.45, 7) is 1.76. The molecule has 0 amide bonds. The second-order valence-corrected chi connectivity index (χ2v) is 3.71.